The van der Waals surface area contributed by atoms with Crippen molar-refractivity contribution in [2.24, 2.45) is 0 Å². The van der Waals surface area contributed by atoms with Crippen molar-refractivity contribution in [2.75, 3.05) is 51.9 Å². The van der Waals surface area contributed by atoms with Crippen molar-refractivity contribution in [3.05, 3.63) is 54.1 Å². The average molecular weight is 492 g/mol. The predicted molar refractivity (Wildman–Crippen MR) is 121 cm³/mol. The number of rotatable bonds is 9. The number of sulfonamides is 1. The van der Waals surface area contributed by atoms with E-state index in [2.05, 4.69) is 10.6 Å². The van der Waals surface area contributed by atoms with E-state index in [1.807, 2.05) is 0 Å². The third-order valence-electron chi connectivity index (χ3n) is 4.86. The second kappa shape index (κ2) is 11.6. The Morgan fingerprint density at radius 2 is 1.71 bits per heavy atom. The summed E-state index contributed by atoms with van der Waals surface area (Å²) < 4.78 is 41.7. The van der Waals surface area contributed by atoms with Gasteiger partial charge in [0.05, 0.1) is 30.8 Å². The molecule has 2 N–H and O–H groups in total. The molecule has 0 saturated carbocycles. The molecule has 1 saturated heterocycles. The highest BCUT2D eigenvalue weighted by molar-refractivity contribution is 7.89. The first-order valence-corrected chi connectivity index (χ1v) is 11.8. The number of anilines is 1. The van der Waals surface area contributed by atoms with Gasteiger partial charge in [-0.05, 0) is 36.4 Å². The summed E-state index contributed by atoms with van der Waals surface area (Å²) in [6.45, 7) is 0.249. The molecule has 0 aromatic heterocycles. The summed E-state index contributed by atoms with van der Waals surface area (Å²) in [4.78, 5) is 36.2. The van der Waals surface area contributed by atoms with Gasteiger partial charge in [-0.2, -0.15) is 4.31 Å². The van der Waals surface area contributed by atoms with E-state index < -0.39 is 41.0 Å². The molecule has 34 heavy (non-hydrogen) atoms. The van der Waals surface area contributed by atoms with Gasteiger partial charge in [-0.25, -0.2) is 8.42 Å². The van der Waals surface area contributed by atoms with Gasteiger partial charge in [-0.3, -0.25) is 14.4 Å². The molecule has 2 aromatic rings. The number of carbonyl (C=O) groups is 3. The zero-order valence-corrected chi connectivity index (χ0v) is 19.3. The number of nitrogens with zero attached hydrogens (tertiary/aromatic N) is 1. The monoisotopic (exact) mass is 491 g/mol. The summed E-state index contributed by atoms with van der Waals surface area (Å²) in [5, 5.41) is 4.91. The number of benzene rings is 2. The van der Waals surface area contributed by atoms with Crippen molar-refractivity contribution in [1.29, 1.82) is 0 Å². The third-order valence-corrected chi connectivity index (χ3v) is 6.77. The molecule has 1 aliphatic heterocycles. The maximum atomic E-state index is 12.6. The lowest BCUT2D eigenvalue weighted by molar-refractivity contribution is -0.146. The smallest absolute Gasteiger partial charge is 0.325 e. The van der Waals surface area contributed by atoms with E-state index in [9.17, 15) is 22.8 Å². The van der Waals surface area contributed by atoms with Crippen LogP contribution in [-0.4, -0.2) is 77.1 Å². The number of methoxy groups -OCH3 is 1. The van der Waals surface area contributed by atoms with Gasteiger partial charge in [0, 0.05) is 18.8 Å². The lowest BCUT2D eigenvalue weighted by Crippen LogP contribution is -2.40. The quantitative estimate of drug-likeness (QED) is 0.487. The van der Waals surface area contributed by atoms with Crippen molar-refractivity contribution in [1.82, 2.24) is 9.62 Å². The molecule has 12 heteroatoms. The number of esters is 1. The number of para-hydroxylation sites is 1. The minimum Gasteiger partial charge on any atom is -0.496 e. The molecule has 11 nitrogen and oxygen atoms in total. The molecule has 0 unspecified atom stereocenters. The number of carbonyl (C=O) groups excluding carboxylic acids is 3. The summed E-state index contributed by atoms with van der Waals surface area (Å²) in [5.74, 6) is -1.58. The highest BCUT2D eigenvalue weighted by Crippen LogP contribution is 2.19. The maximum absolute atomic E-state index is 12.6. The van der Waals surface area contributed by atoms with Crippen LogP contribution in [0.1, 0.15) is 10.4 Å². The van der Waals surface area contributed by atoms with Crippen LogP contribution in [0.2, 0.25) is 0 Å². The molecule has 0 bridgehead atoms. The Bertz CT molecular complexity index is 1130. The number of morpholine rings is 1. The van der Waals surface area contributed by atoms with Crippen LogP contribution in [0.25, 0.3) is 0 Å². The van der Waals surface area contributed by atoms with Gasteiger partial charge in [0.1, 0.15) is 12.3 Å². The van der Waals surface area contributed by atoms with Gasteiger partial charge < -0.3 is 24.8 Å². The minimum atomic E-state index is -3.64. The van der Waals surface area contributed by atoms with E-state index in [0.29, 0.717) is 24.7 Å². The number of amides is 2. The second-order valence-corrected chi connectivity index (χ2v) is 9.07. The first-order chi connectivity index (χ1) is 16.3. The summed E-state index contributed by atoms with van der Waals surface area (Å²) in [6.07, 6.45) is 0. The zero-order valence-electron chi connectivity index (χ0n) is 18.5. The van der Waals surface area contributed by atoms with Crippen LogP contribution in [0.15, 0.2) is 53.4 Å². The second-order valence-electron chi connectivity index (χ2n) is 7.13. The van der Waals surface area contributed by atoms with Gasteiger partial charge >= 0.3 is 5.97 Å². The predicted octanol–water partition coefficient (Wildman–Crippen LogP) is 0.628. The molecular weight excluding hydrogens is 466 g/mol. The van der Waals surface area contributed by atoms with E-state index in [0.717, 1.165) is 0 Å². The Morgan fingerprint density at radius 1 is 1.03 bits per heavy atom. The maximum Gasteiger partial charge on any atom is 0.325 e. The topological polar surface area (TPSA) is 140 Å². The number of hydrogen-bond donors (Lipinski definition) is 2. The number of nitrogens with one attached hydrogen (secondary N) is 2. The molecular formula is C22H25N3O8S. The van der Waals surface area contributed by atoms with Crippen molar-refractivity contribution >= 4 is 33.5 Å². The van der Waals surface area contributed by atoms with E-state index >= 15 is 0 Å². The third kappa shape index (κ3) is 6.53. The average Bonchev–Trinajstić information content (AvgIpc) is 2.86. The van der Waals surface area contributed by atoms with Gasteiger partial charge in [0.2, 0.25) is 10.0 Å². The van der Waals surface area contributed by atoms with Crippen molar-refractivity contribution < 1.29 is 37.0 Å². The highest BCUT2D eigenvalue weighted by Gasteiger charge is 2.26. The first-order valence-electron chi connectivity index (χ1n) is 10.4. The van der Waals surface area contributed by atoms with Gasteiger partial charge in [0.15, 0.2) is 6.61 Å². The Morgan fingerprint density at radius 3 is 2.38 bits per heavy atom. The summed E-state index contributed by atoms with van der Waals surface area (Å²) in [7, 11) is -2.21. The van der Waals surface area contributed by atoms with Gasteiger partial charge in [0.25, 0.3) is 11.8 Å². The van der Waals surface area contributed by atoms with Crippen LogP contribution < -0.4 is 15.4 Å². The number of ether oxygens (including phenoxy) is 3. The van der Waals surface area contributed by atoms with Crippen LogP contribution >= 0.6 is 0 Å². The summed E-state index contributed by atoms with van der Waals surface area (Å²) in [5.41, 5.74) is 0.598. The molecule has 1 fully saturated rings. The SMILES string of the molecule is COc1ccccc1C(=O)NCC(=O)OCC(=O)Nc1ccc(S(=O)(=O)N2CCOCC2)cc1. The van der Waals surface area contributed by atoms with E-state index in [1.165, 1.54) is 35.7 Å². The fourth-order valence-corrected chi connectivity index (χ4v) is 4.53. The van der Waals surface area contributed by atoms with Crippen molar-refractivity contribution in [3.63, 3.8) is 0 Å². The molecule has 0 atom stereocenters. The lowest BCUT2D eigenvalue weighted by atomic mass is 10.2. The van der Waals surface area contributed by atoms with Crippen LogP contribution in [-0.2, 0) is 29.1 Å². The van der Waals surface area contributed by atoms with Crippen LogP contribution in [0, 0.1) is 0 Å². The van der Waals surface area contributed by atoms with E-state index in [-0.39, 0.29) is 23.5 Å². The molecule has 3 rings (SSSR count). The molecule has 2 amide bonds. The largest absolute Gasteiger partial charge is 0.496 e. The van der Waals surface area contributed by atoms with Gasteiger partial charge in [-0.15, -0.1) is 0 Å². The van der Waals surface area contributed by atoms with Crippen LogP contribution in [0.5, 0.6) is 5.75 Å². The van der Waals surface area contributed by atoms with Crippen molar-refractivity contribution in [3.8, 4) is 5.75 Å². The Balaban J connectivity index is 1.44. The summed E-state index contributed by atoms with van der Waals surface area (Å²) in [6, 6.07) is 12.2. The normalized spacial score (nSPS) is 14.1. The molecule has 0 radical (unpaired) electrons. The molecule has 1 heterocycles. The molecule has 0 aliphatic carbocycles. The minimum absolute atomic E-state index is 0.101. The summed E-state index contributed by atoms with van der Waals surface area (Å²) >= 11 is 0. The van der Waals surface area contributed by atoms with Crippen LogP contribution in [0.3, 0.4) is 0 Å². The Hall–Kier alpha value is -3.48. The molecule has 1 aliphatic rings. The van der Waals surface area contributed by atoms with E-state index in [4.69, 9.17) is 14.2 Å². The van der Waals surface area contributed by atoms with E-state index in [1.54, 1.807) is 24.3 Å². The highest BCUT2D eigenvalue weighted by atomic mass is 32.2. The molecule has 182 valence electrons. The van der Waals surface area contributed by atoms with Crippen LogP contribution in [0.4, 0.5) is 5.69 Å². The van der Waals surface area contributed by atoms with Gasteiger partial charge in [-0.1, -0.05) is 12.1 Å². The standard InChI is InChI=1S/C22H25N3O8S/c1-31-19-5-3-2-4-18(19)22(28)23-14-21(27)33-15-20(26)24-16-6-8-17(9-7-16)34(29,30)25-10-12-32-13-11-25/h2-9H,10-15H2,1H3,(H,23,28)(H,24,26). The Labute approximate surface area is 197 Å². The first kappa shape index (κ1) is 25.1. The fourth-order valence-electron chi connectivity index (χ4n) is 3.12. The lowest BCUT2D eigenvalue weighted by Gasteiger charge is -2.26. The fraction of sp³-hybridized carbons (Fsp3) is 0.318. The molecule has 0 spiro atoms. The molecule has 2 aromatic carbocycles. The Kier molecular flexibility index (Phi) is 8.57. The number of hydrogen-bond acceptors (Lipinski definition) is 8. The zero-order chi connectivity index (χ0) is 24.6. The van der Waals surface area contributed by atoms with Crippen molar-refractivity contribution in [2.45, 2.75) is 4.90 Å².